The molecule has 0 bridgehead atoms. The van der Waals surface area contributed by atoms with Gasteiger partial charge in [0.25, 0.3) is 0 Å². The van der Waals surface area contributed by atoms with Crippen LogP contribution < -0.4 is 10.1 Å². The largest absolute Gasteiger partial charge is 0.474 e. The highest BCUT2D eigenvalue weighted by molar-refractivity contribution is 5.88. The third-order valence-electron chi connectivity index (χ3n) is 4.99. The number of aromatic nitrogens is 2. The van der Waals surface area contributed by atoms with Crippen molar-refractivity contribution in [3.63, 3.8) is 0 Å². The van der Waals surface area contributed by atoms with Crippen LogP contribution in [0.25, 0.3) is 10.9 Å². The molecule has 1 aromatic carbocycles. The first-order valence-corrected chi connectivity index (χ1v) is 9.20. The second-order valence-corrected chi connectivity index (χ2v) is 6.86. The lowest BCUT2D eigenvalue weighted by Crippen LogP contribution is -2.40. The van der Waals surface area contributed by atoms with Crippen molar-refractivity contribution in [2.45, 2.75) is 44.2 Å². The van der Waals surface area contributed by atoms with E-state index >= 15 is 0 Å². The third kappa shape index (κ3) is 3.87. The Morgan fingerprint density at radius 2 is 1.92 bits per heavy atom. The van der Waals surface area contributed by atoms with Crippen molar-refractivity contribution in [1.82, 2.24) is 15.3 Å². The second-order valence-electron chi connectivity index (χ2n) is 6.86. The average molecular weight is 349 g/mol. The molecule has 5 nitrogen and oxygen atoms in total. The number of fused-ring (bicyclic) bond motifs is 1. The molecule has 0 aliphatic heterocycles. The zero-order valence-corrected chi connectivity index (χ0v) is 14.7. The summed E-state index contributed by atoms with van der Waals surface area (Å²) in [5.41, 5.74) is 2.12. The number of rotatable bonds is 5. The third-order valence-corrected chi connectivity index (χ3v) is 4.99. The van der Waals surface area contributed by atoms with Crippen molar-refractivity contribution in [2.75, 3.05) is 0 Å². The van der Waals surface area contributed by atoms with Crippen LogP contribution in [0, 0.1) is 0 Å². The van der Waals surface area contributed by atoms with E-state index in [1.54, 1.807) is 6.20 Å². The van der Waals surface area contributed by atoms with Crippen LogP contribution in [0.15, 0.2) is 54.9 Å². The molecular weight excluding hydrogens is 326 g/mol. The summed E-state index contributed by atoms with van der Waals surface area (Å²) in [7, 11) is 0. The zero-order valence-electron chi connectivity index (χ0n) is 14.7. The summed E-state index contributed by atoms with van der Waals surface area (Å²) in [4.78, 5) is 19.9. The van der Waals surface area contributed by atoms with E-state index in [1.807, 2.05) is 42.6 Å². The minimum absolute atomic E-state index is 0.0869. The van der Waals surface area contributed by atoms with E-state index in [-0.39, 0.29) is 18.1 Å². The Morgan fingerprint density at radius 1 is 1.12 bits per heavy atom. The van der Waals surface area contributed by atoms with E-state index in [0.717, 1.165) is 42.1 Å². The SMILES string of the molecule is O=C(Cc1c[nH]c2ccccc12)NC1CCC(Oc2ccccn2)CC1. The molecule has 1 saturated carbocycles. The number of ether oxygens (including phenoxy) is 1. The number of nitrogens with one attached hydrogen (secondary N) is 2. The van der Waals surface area contributed by atoms with Crippen molar-refractivity contribution in [3.8, 4) is 5.88 Å². The first-order valence-electron chi connectivity index (χ1n) is 9.20. The summed E-state index contributed by atoms with van der Waals surface area (Å²) >= 11 is 0. The number of hydrogen-bond acceptors (Lipinski definition) is 3. The van der Waals surface area contributed by atoms with Crippen LogP contribution in [0.4, 0.5) is 0 Å². The van der Waals surface area contributed by atoms with Gasteiger partial charge in [-0.2, -0.15) is 0 Å². The Kier molecular flexibility index (Phi) is 4.86. The molecule has 1 fully saturated rings. The number of nitrogens with zero attached hydrogens (tertiary/aromatic N) is 1. The molecule has 0 atom stereocenters. The topological polar surface area (TPSA) is 67.0 Å². The van der Waals surface area contributed by atoms with Crippen LogP contribution in [-0.4, -0.2) is 28.0 Å². The van der Waals surface area contributed by atoms with E-state index < -0.39 is 0 Å². The van der Waals surface area contributed by atoms with Gasteiger partial charge in [0.1, 0.15) is 6.10 Å². The number of amides is 1. The molecule has 3 aromatic rings. The smallest absolute Gasteiger partial charge is 0.224 e. The van der Waals surface area contributed by atoms with Crippen LogP contribution in [-0.2, 0) is 11.2 Å². The summed E-state index contributed by atoms with van der Waals surface area (Å²) in [6.45, 7) is 0. The van der Waals surface area contributed by atoms with Gasteiger partial charge in [-0.1, -0.05) is 24.3 Å². The molecule has 0 spiro atoms. The van der Waals surface area contributed by atoms with Gasteiger partial charge in [0.05, 0.1) is 6.42 Å². The molecule has 0 saturated heterocycles. The van der Waals surface area contributed by atoms with E-state index in [9.17, 15) is 4.79 Å². The lowest BCUT2D eigenvalue weighted by Gasteiger charge is -2.29. The number of benzene rings is 1. The fourth-order valence-corrected chi connectivity index (χ4v) is 3.64. The number of hydrogen-bond donors (Lipinski definition) is 2. The summed E-state index contributed by atoms with van der Waals surface area (Å²) < 4.78 is 5.91. The fourth-order valence-electron chi connectivity index (χ4n) is 3.64. The first-order chi connectivity index (χ1) is 12.8. The highest BCUT2D eigenvalue weighted by Crippen LogP contribution is 2.23. The van der Waals surface area contributed by atoms with Crippen LogP contribution >= 0.6 is 0 Å². The quantitative estimate of drug-likeness (QED) is 0.739. The van der Waals surface area contributed by atoms with Crippen molar-refractivity contribution in [2.24, 2.45) is 0 Å². The highest BCUT2D eigenvalue weighted by Gasteiger charge is 2.24. The molecule has 26 heavy (non-hydrogen) atoms. The Bertz CT molecular complexity index is 867. The predicted octanol–water partition coefficient (Wildman–Crippen LogP) is 3.61. The van der Waals surface area contributed by atoms with Crippen molar-refractivity contribution in [3.05, 3.63) is 60.4 Å². The molecular formula is C21H23N3O2. The van der Waals surface area contributed by atoms with E-state index in [4.69, 9.17) is 4.74 Å². The van der Waals surface area contributed by atoms with Crippen LogP contribution in [0.1, 0.15) is 31.2 Å². The normalized spacial score (nSPS) is 20.0. The lowest BCUT2D eigenvalue weighted by molar-refractivity contribution is -0.121. The summed E-state index contributed by atoms with van der Waals surface area (Å²) in [6.07, 6.45) is 8.03. The van der Waals surface area contributed by atoms with Gasteiger partial charge in [-0.25, -0.2) is 4.98 Å². The predicted molar refractivity (Wildman–Crippen MR) is 101 cm³/mol. The number of H-pyrrole nitrogens is 1. The van der Waals surface area contributed by atoms with Gasteiger partial charge in [0.15, 0.2) is 0 Å². The van der Waals surface area contributed by atoms with Gasteiger partial charge in [-0.15, -0.1) is 0 Å². The molecule has 1 aliphatic carbocycles. The van der Waals surface area contributed by atoms with E-state index in [1.165, 1.54) is 0 Å². The first kappa shape index (κ1) is 16.6. The fraction of sp³-hybridized carbons (Fsp3) is 0.333. The van der Waals surface area contributed by atoms with Gasteiger partial charge in [-0.3, -0.25) is 4.79 Å². The minimum atomic E-state index is 0.0869. The highest BCUT2D eigenvalue weighted by atomic mass is 16.5. The van der Waals surface area contributed by atoms with Crippen LogP contribution in [0.5, 0.6) is 5.88 Å². The molecule has 4 rings (SSSR count). The summed E-state index contributed by atoms with van der Waals surface area (Å²) in [5.74, 6) is 0.767. The molecule has 134 valence electrons. The number of aromatic amines is 1. The van der Waals surface area contributed by atoms with Gasteiger partial charge in [0, 0.05) is 35.4 Å². The van der Waals surface area contributed by atoms with Gasteiger partial charge in [0.2, 0.25) is 11.8 Å². The maximum absolute atomic E-state index is 12.4. The average Bonchev–Trinajstić information content (AvgIpc) is 3.07. The monoisotopic (exact) mass is 349 g/mol. The van der Waals surface area contributed by atoms with Crippen molar-refractivity contribution >= 4 is 16.8 Å². The van der Waals surface area contributed by atoms with Crippen LogP contribution in [0.2, 0.25) is 0 Å². The Morgan fingerprint density at radius 3 is 2.73 bits per heavy atom. The van der Waals surface area contributed by atoms with Crippen LogP contribution in [0.3, 0.4) is 0 Å². The minimum Gasteiger partial charge on any atom is -0.474 e. The Labute approximate surface area is 152 Å². The molecule has 2 heterocycles. The lowest BCUT2D eigenvalue weighted by atomic mass is 9.92. The zero-order chi connectivity index (χ0) is 17.8. The standard InChI is InChI=1S/C21H23N3O2/c25-20(13-15-14-23-19-6-2-1-5-18(15)19)24-16-8-10-17(11-9-16)26-21-7-3-4-12-22-21/h1-7,12,14,16-17,23H,8-11,13H2,(H,24,25). The number of pyridine rings is 1. The van der Waals surface area contributed by atoms with Gasteiger partial charge >= 0.3 is 0 Å². The van der Waals surface area contributed by atoms with E-state index in [2.05, 4.69) is 21.4 Å². The molecule has 0 radical (unpaired) electrons. The molecule has 1 aliphatic rings. The van der Waals surface area contributed by atoms with Gasteiger partial charge < -0.3 is 15.0 Å². The van der Waals surface area contributed by atoms with Gasteiger partial charge in [-0.05, 0) is 43.4 Å². The number of carbonyl (C=O) groups excluding carboxylic acids is 1. The molecule has 5 heteroatoms. The second kappa shape index (κ2) is 7.60. The Hall–Kier alpha value is -2.82. The maximum Gasteiger partial charge on any atom is 0.224 e. The Balaban J connectivity index is 1.27. The summed E-state index contributed by atoms with van der Waals surface area (Å²) in [6, 6.07) is 14.0. The molecule has 0 unspecified atom stereocenters. The molecule has 2 N–H and O–H groups in total. The van der Waals surface area contributed by atoms with Crippen molar-refractivity contribution < 1.29 is 9.53 Å². The maximum atomic E-state index is 12.4. The number of para-hydroxylation sites is 1. The molecule has 1 amide bonds. The number of carbonyl (C=O) groups is 1. The molecule has 2 aromatic heterocycles. The summed E-state index contributed by atoms with van der Waals surface area (Å²) in [5, 5.41) is 4.30. The van der Waals surface area contributed by atoms with Crippen molar-refractivity contribution in [1.29, 1.82) is 0 Å². The van der Waals surface area contributed by atoms with E-state index in [0.29, 0.717) is 12.3 Å².